The molecule has 9 heteroatoms. The standard InChI is InChI=1S/C23H20F3N5O/c1-12-20-15(21(30(3)28-20)14-9-16(24)19(26)17(25)10-14)6-8-31(12)23(32)18-11-13-5-4-7-27-22(13)29(18)2/h4-5,7,9-12H,6,8H2,1-3H3. The Morgan fingerprint density at radius 2 is 1.84 bits per heavy atom. The Kier molecular flexibility index (Phi) is 4.58. The number of aromatic nitrogens is 4. The Bertz CT molecular complexity index is 1370. The number of fused-ring (bicyclic) bond motifs is 2. The van der Waals surface area contributed by atoms with E-state index in [1.54, 1.807) is 29.8 Å². The maximum atomic E-state index is 13.8. The molecule has 1 atom stereocenters. The van der Waals surface area contributed by atoms with E-state index in [0.29, 0.717) is 30.0 Å². The highest BCUT2D eigenvalue weighted by Gasteiger charge is 2.34. The fourth-order valence-electron chi connectivity index (χ4n) is 4.59. The van der Waals surface area contributed by atoms with Crippen LogP contribution in [0.1, 0.15) is 34.7 Å². The van der Waals surface area contributed by atoms with Gasteiger partial charge in [0.2, 0.25) is 0 Å². The van der Waals surface area contributed by atoms with Gasteiger partial charge in [-0.15, -0.1) is 0 Å². The second-order valence-electron chi connectivity index (χ2n) is 8.02. The zero-order valence-electron chi connectivity index (χ0n) is 17.7. The van der Waals surface area contributed by atoms with E-state index in [1.807, 2.05) is 25.1 Å². The minimum Gasteiger partial charge on any atom is -0.329 e. The molecule has 1 unspecified atom stereocenters. The van der Waals surface area contributed by atoms with Crippen molar-refractivity contribution in [3.8, 4) is 11.3 Å². The molecule has 0 bridgehead atoms. The Hall–Kier alpha value is -3.62. The van der Waals surface area contributed by atoms with E-state index in [-0.39, 0.29) is 17.5 Å². The molecule has 1 amide bonds. The molecule has 0 radical (unpaired) electrons. The number of pyridine rings is 1. The number of nitrogens with zero attached hydrogens (tertiary/aromatic N) is 5. The summed E-state index contributed by atoms with van der Waals surface area (Å²) in [6, 6.07) is 7.14. The summed E-state index contributed by atoms with van der Waals surface area (Å²) in [5.74, 6) is -4.14. The summed E-state index contributed by atoms with van der Waals surface area (Å²) in [6.45, 7) is 2.28. The molecule has 3 aromatic heterocycles. The van der Waals surface area contributed by atoms with Gasteiger partial charge in [-0.3, -0.25) is 9.48 Å². The first-order chi connectivity index (χ1) is 15.3. The summed E-state index contributed by atoms with van der Waals surface area (Å²) in [7, 11) is 3.47. The molecule has 0 N–H and O–H groups in total. The maximum Gasteiger partial charge on any atom is 0.271 e. The first-order valence-corrected chi connectivity index (χ1v) is 10.2. The lowest BCUT2D eigenvalue weighted by Gasteiger charge is -2.33. The first kappa shape index (κ1) is 20.3. The molecule has 5 rings (SSSR count). The number of hydrogen-bond acceptors (Lipinski definition) is 3. The molecule has 164 valence electrons. The lowest BCUT2D eigenvalue weighted by Crippen LogP contribution is -2.39. The number of carbonyl (C=O) groups is 1. The van der Waals surface area contributed by atoms with E-state index in [1.165, 1.54) is 4.68 Å². The van der Waals surface area contributed by atoms with Crippen molar-refractivity contribution in [2.24, 2.45) is 14.1 Å². The van der Waals surface area contributed by atoms with Crippen molar-refractivity contribution in [1.82, 2.24) is 24.2 Å². The molecule has 32 heavy (non-hydrogen) atoms. The Morgan fingerprint density at radius 1 is 1.12 bits per heavy atom. The summed E-state index contributed by atoms with van der Waals surface area (Å²) in [6.07, 6.45) is 2.14. The molecule has 0 spiro atoms. The van der Waals surface area contributed by atoms with Gasteiger partial charge < -0.3 is 9.47 Å². The molecule has 1 aromatic carbocycles. The van der Waals surface area contributed by atoms with Crippen molar-refractivity contribution in [2.75, 3.05) is 6.54 Å². The molecule has 1 aliphatic rings. The summed E-state index contributed by atoms with van der Waals surface area (Å²) in [5.41, 5.74) is 3.43. The number of hydrogen-bond donors (Lipinski definition) is 0. The van der Waals surface area contributed by atoms with Crippen LogP contribution in [-0.2, 0) is 20.5 Å². The fourth-order valence-corrected chi connectivity index (χ4v) is 4.59. The minimum absolute atomic E-state index is 0.144. The van der Waals surface area contributed by atoms with Gasteiger partial charge in [-0.05, 0) is 43.7 Å². The van der Waals surface area contributed by atoms with E-state index in [9.17, 15) is 18.0 Å². The van der Waals surface area contributed by atoms with Crippen molar-refractivity contribution in [2.45, 2.75) is 19.4 Å². The SMILES string of the molecule is CC1c2nn(C)c(-c3cc(F)c(F)c(F)c3)c2CCN1C(=O)c1cc2cccnc2n1C. The van der Waals surface area contributed by atoms with E-state index in [2.05, 4.69) is 10.1 Å². The van der Waals surface area contributed by atoms with Crippen LogP contribution in [-0.4, -0.2) is 36.7 Å². The highest BCUT2D eigenvalue weighted by atomic mass is 19.2. The number of halogens is 3. The molecule has 4 aromatic rings. The van der Waals surface area contributed by atoms with Crippen LogP contribution in [0.25, 0.3) is 22.3 Å². The van der Waals surface area contributed by atoms with E-state index in [4.69, 9.17) is 0 Å². The van der Waals surface area contributed by atoms with Crippen molar-refractivity contribution in [1.29, 1.82) is 0 Å². The quantitative estimate of drug-likeness (QED) is 0.441. The largest absolute Gasteiger partial charge is 0.329 e. The van der Waals surface area contributed by atoms with Crippen molar-refractivity contribution < 1.29 is 18.0 Å². The molecule has 0 fully saturated rings. The molecular weight excluding hydrogens is 419 g/mol. The van der Waals surface area contributed by atoms with E-state index >= 15 is 0 Å². The van der Waals surface area contributed by atoms with Gasteiger partial charge in [0.25, 0.3) is 5.91 Å². The van der Waals surface area contributed by atoms with Crippen molar-refractivity contribution in [3.63, 3.8) is 0 Å². The van der Waals surface area contributed by atoms with Crippen LogP contribution in [0.5, 0.6) is 0 Å². The number of amides is 1. The van der Waals surface area contributed by atoms with Crippen LogP contribution >= 0.6 is 0 Å². The van der Waals surface area contributed by atoms with Gasteiger partial charge in [0, 0.05) is 43.4 Å². The molecule has 0 saturated heterocycles. The van der Waals surface area contributed by atoms with Crippen LogP contribution in [0.4, 0.5) is 13.2 Å². The topological polar surface area (TPSA) is 56.0 Å². The number of benzene rings is 1. The summed E-state index contributed by atoms with van der Waals surface area (Å²) >= 11 is 0. The van der Waals surface area contributed by atoms with Crippen molar-refractivity contribution >= 4 is 16.9 Å². The van der Waals surface area contributed by atoms with Crippen LogP contribution in [0, 0.1) is 17.5 Å². The predicted octanol–water partition coefficient (Wildman–Crippen LogP) is 4.15. The minimum atomic E-state index is -1.50. The number of rotatable bonds is 2. The van der Waals surface area contributed by atoms with Gasteiger partial charge in [0.1, 0.15) is 11.3 Å². The summed E-state index contributed by atoms with van der Waals surface area (Å²) < 4.78 is 44.4. The molecule has 6 nitrogen and oxygen atoms in total. The van der Waals surface area contributed by atoms with Crippen LogP contribution in [0.15, 0.2) is 36.5 Å². The smallest absolute Gasteiger partial charge is 0.271 e. The third-order valence-electron chi connectivity index (χ3n) is 6.17. The van der Waals surface area contributed by atoms with E-state index in [0.717, 1.165) is 28.7 Å². The molecule has 4 heterocycles. The first-order valence-electron chi connectivity index (χ1n) is 10.2. The van der Waals surface area contributed by atoms with Crippen LogP contribution in [0.3, 0.4) is 0 Å². The highest BCUT2D eigenvalue weighted by Crippen LogP contribution is 2.37. The zero-order chi connectivity index (χ0) is 22.7. The van der Waals surface area contributed by atoms with Gasteiger partial charge in [-0.2, -0.15) is 5.10 Å². The predicted molar refractivity (Wildman–Crippen MR) is 112 cm³/mol. The maximum absolute atomic E-state index is 13.8. The second kappa shape index (κ2) is 7.22. The third kappa shape index (κ3) is 2.91. The summed E-state index contributed by atoms with van der Waals surface area (Å²) in [5, 5.41) is 5.43. The van der Waals surface area contributed by atoms with Gasteiger partial charge in [-0.1, -0.05) is 0 Å². The van der Waals surface area contributed by atoms with Crippen molar-refractivity contribution in [3.05, 3.63) is 70.9 Å². The van der Waals surface area contributed by atoms with Gasteiger partial charge >= 0.3 is 0 Å². The number of aryl methyl sites for hydroxylation is 2. The van der Waals surface area contributed by atoms with Crippen LogP contribution in [0.2, 0.25) is 0 Å². The monoisotopic (exact) mass is 439 g/mol. The zero-order valence-corrected chi connectivity index (χ0v) is 17.7. The van der Waals surface area contributed by atoms with Gasteiger partial charge in [0.15, 0.2) is 17.5 Å². The lowest BCUT2D eigenvalue weighted by molar-refractivity contribution is 0.0664. The Morgan fingerprint density at radius 3 is 2.53 bits per heavy atom. The molecule has 1 aliphatic heterocycles. The lowest BCUT2D eigenvalue weighted by atomic mass is 9.95. The van der Waals surface area contributed by atoms with Gasteiger partial charge in [-0.25, -0.2) is 18.2 Å². The Labute approximate surface area is 181 Å². The van der Waals surface area contributed by atoms with E-state index < -0.39 is 17.5 Å². The summed E-state index contributed by atoms with van der Waals surface area (Å²) in [4.78, 5) is 19.5. The normalized spacial score (nSPS) is 15.9. The van der Waals surface area contributed by atoms with Crippen LogP contribution < -0.4 is 0 Å². The average Bonchev–Trinajstić information content (AvgIpc) is 3.29. The second-order valence-corrected chi connectivity index (χ2v) is 8.02. The number of carbonyl (C=O) groups excluding carboxylic acids is 1. The fraction of sp³-hybridized carbons (Fsp3) is 0.261. The molecule has 0 saturated carbocycles. The van der Waals surface area contributed by atoms with Gasteiger partial charge in [0.05, 0.1) is 17.4 Å². The Balaban J connectivity index is 1.53. The molecule has 0 aliphatic carbocycles. The average molecular weight is 439 g/mol. The third-order valence-corrected chi connectivity index (χ3v) is 6.17. The highest BCUT2D eigenvalue weighted by molar-refractivity contribution is 5.98. The molecular formula is C23H20F3N5O.